The third-order valence-electron chi connectivity index (χ3n) is 2.80. The fourth-order valence-electron chi connectivity index (χ4n) is 1.46. The summed E-state index contributed by atoms with van der Waals surface area (Å²) in [6, 6.07) is 7.80. The van der Waals surface area contributed by atoms with Crippen molar-refractivity contribution in [3.63, 3.8) is 0 Å². The zero-order chi connectivity index (χ0) is 14.3. The van der Waals surface area contributed by atoms with Gasteiger partial charge in [0.15, 0.2) is 0 Å². The van der Waals surface area contributed by atoms with E-state index in [9.17, 15) is 4.79 Å². The van der Waals surface area contributed by atoms with Gasteiger partial charge < -0.3 is 19.9 Å². The molecule has 1 N–H and O–H groups in total. The number of nitrogens with one attached hydrogen (secondary N) is 1. The van der Waals surface area contributed by atoms with Crippen LogP contribution in [-0.4, -0.2) is 57.2 Å². The Hall–Kier alpha value is -1.75. The molecule has 0 saturated carbocycles. The molecule has 0 unspecified atom stereocenters. The van der Waals surface area contributed by atoms with Crippen molar-refractivity contribution in [1.29, 1.82) is 0 Å². The molecule has 0 aliphatic carbocycles. The Bertz CT molecular complexity index is 390. The number of nitrogens with zero attached hydrogens (tertiary/aromatic N) is 2. The minimum atomic E-state index is -0.292. The first-order chi connectivity index (χ1) is 9.02. The fourth-order valence-corrected chi connectivity index (χ4v) is 1.46. The quantitative estimate of drug-likeness (QED) is 0.852. The van der Waals surface area contributed by atoms with Crippen LogP contribution in [-0.2, 0) is 11.3 Å². The second-order valence-corrected chi connectivity index (χ2v) is 4.73. The van der Waals surface area contributed by atoms with Crippen molar-refractivity contribution in [1.82, 2.24) is 9.80 Å². The molecule has 0 atom stereocenters. The maximum Gasteiger partial charge on any atom is 0.409 e. The van der Waals surface area contributed by atoms with Crippen molar-refractivity contribution >= 4 is 11.8 Å². The molecule has 0 saturated heterocycles. The van der Waals surface area contributed by atoms with Crippen LogP contribution in [0.1, 0.15) is 5.56 Å². The molecular weight excluding hydrogens is 242 g/mol. The summed E-state index contributed by atoms with van der Waals surface area (Å²) in [6.07, 6.45) is -0.292. The largest absolute Gasteiger partial charge is 0.445 e. The van der Waals surface area contributed by atoms with E-state index in [-0.39, 0.29) is 6.09 Å². The van der Waals surface area contributed by atoms with Gasteiger partial charge in [0.1, 0.15) is 6.61 Å². The fraction of sp³-hybridized carbons (Fsp3) is 0.500. The highest BCUT2D eigenvalue weighted by Crippen LogP contribution is 2.09. The topological polar surface area (TPSA) is 44.8 Å². The van der Waals surface area contributed by atoms with Gasteiger partial charge in [-0.25, -0.2) is 4.79 Å². The standard InChI is InChI=1S/C14H23N3O2/c1-15-13-7-5-12(6-8-13)11-19-14(18)17(4)10-9-16(2)3/h5-8,15H,9-11H2,1-4H3. The molecule has 0 heterocycles. The highest BCUT2D eigenvalue weighted by Gasteiger charge is 2.09. The zero-order valence-electron chi connectivity index (χ0n) is 12.1. The number of carbonyl (C=O) groups excluding carboxylic acids is 1. The monoisotopic (exact) mass is 265 g/mol. The molecule has 0 aromatic heterocycles. The molecule has 0 fully saturated rings. The minimum absolute atomic E-state index is 0.292. The van der Waals surface area contributed by atoms with E-state index in [2.05, 4.69) is 5.32 Å². The van der Waals surface area contributed by atoms with E-state index in [1.54, 1.807) is 11.9 Å². The van der Waals surface area contributed by atoms with Gasteiger partial charge in [-0.05, 0) is 31.8 Å². The van der Waals surface area contributed by atoms with Crippen LogP contribution in [0.25, 0.3) is 0 Å². The predicted molar refractivity (Wildman–Crippen MR) is 77.4 cm³/mol. The third kappa shape index (κ3) is 5.61. The zero-order valence-corrected chi connectivity index (χ0v) is 12.1. The molecule has 5 nitrogen and oxygen atoms in total. The van der Waals surface area contributed by atoms with Crippen molar-refractivity contribution < 1.29 is 9.53 Å². The smallest absolute Gasteiger partial charge is 0.409 e. The third-order valence-corrected chi connectivity index (χ3v) is 2.80. The summed E-state index contributed by atoms with van der Waals surface area (Å²) in [5.41, 5.74) is 2.02. The Balaban J connectivity index is 2.36. The Morgan fingerprint density at radius 3 is 2.32 bits per heavy atom. The van der Waals surface area contributed by atoms with Crippen LogP contribution in [0.3, 0.4) is 0 Å². The van der Waals surface area contributed by atoms with Crippen molar-refractivity contribution in [2.75, 3.05) is 46.6 Å². The van der Waals surface area contributed by atoms with E-state index >= 15 is 0 Å². The van der Waals surface area contributed by atoms with Gasteiger partial charge in [-0.3, -0.25) is 0 Å². The molecular formula is C14H23N3O2. The van der Waals surface area contributed by atoms with Gasteiger partial charge in [0.2, 0.25) is 0 Å². The molecule has 1 aromatic rings. The van der Waals surface area contributed by atoms with Crippen LogP contribution in [0.15, 0.2) is 24.3 Å². The van der Waals surface area contributed by atoms with Crippen LogP contribution >= 0.6 is 0 Å². The van der Waals surface area contributed by atoms with E-state index in [1.807, 2.05) is 50.3 Å². The molecule has 5 heteroatoms. The molecule has 0 aliphatic rings. The van der Waals surface area contributed by atoms with Gasteiger partial charge in [0, 0.05) is 32.9 Å². The lowest BCUT2D eigenvalue weighted by Crippen LogP contribution is -2.33. The second kappa shape index (κ2) is 7.63. The molecule has 1 amide bonds. The number of amides is 1. The SMILES string of the molecule is CNc1ccc(COC(=O)N(C)CCN(C)C)cc1. The molecule has 19 heavy (non-hydrogen) atoms. The lowest BCUT2D eigenvalue weighted by Gasteiger charge is -2.19. The summed E-state index contributed by atoms with van der Waals surface area (Å²) in [4.78, 5) is 15.3. The first-order valence-corrected chi connectivity index (χ1v) is 6.32. The number of rotatable bonds is 6. The van der Waals surface area contributed by atoms with Crippen molar-refractivity contribution in [3.05, 3.63) is 29.8 Å². The lowest BCUT2D eigenvalue weighted by molar-refractivity contribution is 0.102. The van der Waals surface area contributed by atoms with Gasteiger partial charge in [-0.15, -0.1) is 0 Å². The maximum atomic E-state index is 11.7. The van der Waals surface area contributed by atoms with Crippen LogP contribution < -0.4 is 5.32 Å². The van der Waals surface area contributed by atoms with Gasteiger partial charge in [0.05, 0.1) is 0 Å². The predicted octanol–water partition coefficient (Wildman–Crippen LogP) is 1.86. The lowest BCUT2D eigenvalue weighted by atomic mass is 10.2. The summed E-state index contributed by atoms with van der Waals surface area (Å²) in [7, 11) is 7.57. The summed E-state index contributed by atoms with van der Waals surface area (Å²) in [5.74, 6) is 0. The summed E-state index contributed by atoms with van der Waals surface area (Å²) in [6.45, 7) is 1.78. The average Bonchev–Trinajstić information content (AvgIpc) is 2.42. The number of anilines is 1. The Kier molecular flexibility index (Phi) is 6.15. The highest BCUT2D eigenvalue weighted by atomic mass is 16.6. The maximum absolute atomic E-state index is 11.7. The first kappa shape index (κ1) is 15.3. The van der Waals surface area contributed by atoms with Gasteiger partial charge in [-0.2, -0.15) is 0 Å². The molecule has 0 bridgehead atoms. The average molecular weight is 265 g/mol. The van der Waals surface area contributed by atoms with Crippen molar-refractivity contribution in [2.24, 2.45) is 0 Å². The number of hydrogen-bond acceptors (Lipinski definition) is 4. The van der Waals surface area contributed by atoms with Crippen LogP contribution in [0.5, 0.6) is 0 Å². The van der Waals surface area contributed by atoms with Crippen LogP contribution in [0, 0.1) is 0 Å². The van der Waals surface area contributed by atoms with E-state index in [0.717, 1.165) is 17.8 Å². The molecule has 0 radical (unpaired) electrons. The van der Waals surface area contributed by atoms with E-state index in [1.165, 1.54) is 0 Å². The summed E-state index contributed by atoms with van der Waals surface area (Å²) in [5, 5.41) is 3.04. The van der Waals surface area contributed by atoms with E-state index in [4.69, 9.17) is 4.74 Å². The van der Waals surface area contributed by atoms with Gasteiger partial charge in [-0.1, -0.05) is 12.1 Å². The van der Waals surface area contributed by atoms with E-state index in [0.29, 0.717) is 13.2 Å². The van der Waals surface area contributed by atoms with E-state index < -0.39 is 0 Å². The highest BCUT2D eigenvalue weighted by molar-refractivity contribution is 5.67. The number of hydrogen-bond donors (Lipinski definition) is 1. The molecule has 1 aromatic carbocycles. The number of carbonyl (C=O) groups is 1. The molecule has 0 aliphatic heterocycles. The Labute approximate surface area is 115 Å². The van der Waals surface area contributed by atoms with Gasteiger partial charge >= 0.3 is 6.09 Å². The molecule has 1 rings (SSSR count). The van der Waals surface area contributed by atoms with Crippen molar-refractivity contribution in [2.45, 2.75) is 6.61 Å². The summed E-state index contributed by atoms with van der Waals surface area (Å²) >= 11 is 0. The first-order valence-electron chi connectivity index (χ1n) is 6.32. The molecule has 0 spiro atoms. The van der Waals surface area contributed by atoms with Gasteiger partial charge in [0.25, 0.3) is 0 Å². The molecule has 106 valence electrons. The Morgan fingerprint density at radius 1 is 1.16 bits per heavy atom. The van der Waals surface area contributed by atoms with Crippen molar-refractivity contribution in [3.8, 4) is 0 Å². The Morgan fingerprint density at radius 2 is 1.79 bits per heavy atom. The van der Waals surface area contributed by atoms with Crippen LogP contribution in [0.2, 0.25) is 0 Å². The number of ether oxygens (including phenoxy) is 1. The van der Waals surface area contributed by atoms with Crippen LogP contribution in [0.4, 0.5) is 10.5 Å². The number of benzene rings is 1. The summed E-state index contributed by atoms with van der Waals surface area (Å²) < 4.78 is 5.24. The minimum Gasteiger partial charge on any atom is -0.445 e. The normalized spacial score (nSPS) is 10.4. The number of likely N-dealkylation sites (N-methyl/N-ethyl adjacent to an activating group) is 2. The second-order valence-electron chi connectivity index (χ2n) is 4.73.